The summed E-state index contributed by atoms with van der Waals surface area (Å²) in [4.78, 5) is 5.97. The Bertz CT molecular complexity index is 445. The van der Waals surface area contributed by atoms with Crippen LogP contribution in [0.15, 0.2) is 42.6 Å². The third kappa shape index (κ3) is 3.18. The van der Waals surface area contributed by atoms with Crippen LogP contribution in [0.2, 0.25) is 0 Å². The molecule has 1 aliphatic heterocycles. The van der Waals surface area contributed by atoms with Crippen LogP contribution in [0.4, 0.5) is 0 Å². The van der Waals surface area contributed by atoms with Crippen LogP contribution >= 0.6 is 0 Å². The van der Waals surface area contributed by atoms with Gasteiger partial charge in [0.15, 0.2) is 6.19 Å². The Morgan fingerprint density at radius 1 is 1.06 bits per heavy atom. The van der Waals surface area contributed by atoms with Gasteiger partial charge in [0.05, 0.1) is 5.52 Å². The van der Waals surface area contributed by atoms with E-state index in [1.807, 2.05) is 30.5 Å². The summed E-state index contributed by atoms with van der Waals surface area (Å²) in [5.41, 5.74) is 1.06. The minimum absolute atomic E-state index is 0.983. The Kier molecular flexibility index (Phi) is 3.93. The van der Waals surface area contributed by atoms with Gasteiger partial charge in [-0.05, 0) is 25.0 Å². The zero-order valence-corrected chi connectivity index (χ0v) is 9.71. The number of para-hydroxylation sites is 1. The van der Waals surface area contributed by atoms with Crippen LogP contribution in [0.1, 0.15) is 12.8 Å². The number of nitriles is 1. The number of nitrogens with zero attached hydrogens (tertiary/aromatic N) is 3. The maximum absolute atomic E-state index is 8.24. The molecule has 0 atom stereocenters. The van der Waals surface area contributed by atoms with E-state index >= 15 is 0 Å². The topological polar surface area (TPSA) is 39.9 Å². The molecule has 0 aliphatic carbocycles. The molecular formula is C14H15N3. The highest BCUT2D eigenvalue weighted by Gasteiger charge is 2.06. The summed E-state index contributed by atoms with van der Waals surface area (Å²) >= 11 is 0. The number of hydrogen-bond acceptors (Lipinski definition) is 3. The Morgan fingerprint density at radius 3 is 2.41 bits per heavy atom. The zero-order valence-electron chi connectivity index (χ0n) is 9.71. The molecular weight excluding hydrogens is 210 g/mol. The van der Waals surface area contributed by atoms with Gasteiger partial charge >= 0.3 is 0 Å². The molecule has 1 saturated heterocycles. The minimum Gasteiger partial charge on any atom is -0.311 e. The van der Waals surface area contributed by atoms with Crippen molar-refractivity contribution in [2.24, 2.45) is 0 Å². The predicted octanol–water partition coefficient (Wildman–Crippen LogP) is 2.80. The molecule has 1 aromatic heterocycles. The fourth-order valence-electron chi connectivity index (χ4n) is 1.83. The second-order valence-electron chi connectivity index (χ2n) is 3.99. The summed E-state index contributed by atoms with van der Waals surface area (Å²) in [7, 11) is 0. The monoisotopic (exact) mass is 225 g/mol. The number of fused-ring (bicyclic) bond motifs is 1. The lowest BCUT2D eigenvalue weighted by Gasteiger charge is -2.00. The first-order chi connectivity index (χ1) is 8.40. The molecule has 1 aliphatic rings. The largest absolute Gasteiger partial charge is 0.311 e. The van der Waals surface area contributed by atoms with Gasteiger partial charge in [0.25, 0.3) is 0 Å². The second-order valence-corrected chi connectivity index (χ2v) is 3.99. The summed E-state index contributed by atoms with van der Waals surface area (Å²) in [5.74, 6) is 0. The van der Waals surface area contributed by atoms with Crippen molar-refractivity contribution in [2.45, 2.75) is 12.8 Å². The number of benzene rings is 1. The van der Waals surface area contributed by atoms with Crippen LogP contribution in [-0.2, 0) is 0 Å². The molecule has 2 heterocycles. The van der Waals surface area contributed by atoms with Gasteiger partial charge in [-0.15, -0.1) is 0 Å². The molecule has 1 aromatic carbocycles. The van der Waals surface area contributed by atoms with Gasteiger partial charge < -0.3 is 4.90 Å². The van der Waals surface area contributed by atoms with Crippen molar-refractivity contribution in [3.05, 3.63) is 42.6 Å². The average molecular weight is 225 g/mol. The lowest BCUT2D eigenvalue weighted by molar-refractivity contribution is 0.487. The number of pyridine rings is 1. The lowest BCUT2D eigenvalue weighted by atomic mass is 10.2. The summed E-state index contributed by atoms with van der Waals surface area (Å²) in [5, 5.41) is 9.44. The highest BCUT2D eigenvalue weighted by atomic mass is 15.1. The van der Waals surface area contributed by atoms with E-state index in [4.69, 9.17) is 5.26 Å². The third-order valence-electron chi connectivity index (χ3n) is 2.76. The van der Waals surface area contributed by atoms with Crippen molar-refractivity contribution in [3.8, 4) is 6.19 Å². The normalized spacial score (nSPS) is 13.9. The molecule has 0 amide bonds. The molecule has 2 aromatic rings. The Labute approximate surface area is 101 Å². The van der Waals surface area contributed by atoms with Crippen molar-refractivity contribution in [3.63, 3.8) is 0 Å². The van der Waals surface area contributed by atoms with Crippen molar-refractivity contribution in [1.29, 1.82) is 5.26 Å². The molecule has 1 fully saturated rings. The zero-order chi connectivity index (χ0) is 11.9. The quantitative estimate of drug-likeness (QED) is 0.647. The summed E-state index contributed by atoms with van der Waals surface area (Å²) in [6, 6.07) is 12.1. The van der Waals surface area contributed by atoms with Gasteiger partial charge in [0.1, 0.15) is 0 Å². The molecule has 0 N–H and O–H groups in total. The fourth-order valence-corrected chi connectivity index (χ4v) is 1.83. The van der Waals surface area contributed by atoms with E-state index in [0.29, 0.717) is 0 Å². The van der Waals surface area contributed by atoms with E-state index in [2.05, 4.69) is 23.3 Å². The smallest absolute Gasteiger partial charge is 0.179 e. The third-order valence-corrected chi connectivity index (χ3v) is 2.76. The van der Waals surface area contributed by atoms with Crippen molar-refractivity contribution < 1.29 is 0 Å². The van der Waals surface area contributed by atoms with Gasteiger partial charge in [-0.2, -0.15) is 5.26 Å². The summed E-state index contributed by atoms with van der Waals surface area (Å²) < 4.78 is 0. The van der Waals surface area contributed by atoms with Crippen LogP contribution in [0, 0.1) is 11.5 Å². The van der Waals surface area contributed by atoms with Crippen LogP contribution in [0.3, 0.4) is 0 Å². The van der Waals surface area contributed by atoms with E-state index in [9.17, 15) is 0 Å². The minimum atomic E-state index is 0.983. The molecule has 86 valence electrons. The van der Waals surface area contributed by atoms with Gasteiger partial charge in [-0.25, -0.2) is 0 Å². The average Bonchev–Trinajstić information content (AvgIpc) is 2.93. The van der Waals surface area contributed by atoms with Crippen LogP contribution < -0.4 is 0 Å². The first-order valence-corrected chi connectivity index (χ1v) is 5.84. The van der Waals surface area contributed by atoms with E-state index < -0.39 is 0 Å². The van der Waals surface area contributed by atoms with E-state index in [-0.39, 0.29) is 0 Å². The molecule has 0 saturated carbocycles. The lowest BCUT2D eigenvalue weighted by Crippen LogP contribution is -2.10. The number of rotatable bonds is 0. The van der Waals surface area contributed by atoms with Crippen molar-refractivity contribution in [1.82, 2.24) is 9.88 Å². The van der Waals surface area contributed by atoms with E-state index in [0.717, 1.165) is 18.6 Å². The molecule has 3 nitrogen and oxygen atoms in total. The first-order valence-electron chi connectivity index (χ1n) is 5.84. The first kappa shape index (κ1) is 11.4. The van der Waals surface area contributed by atoms with Crippen molar-refractivity contribution >= 4 is 10.9 Å². The van der Waals surface area contributed by atoms with Crippen LogP contribution in [0.5, 0.6) is 0 Å². The molecule has 17 heavy (non-hydrogen) atoms. The highest BCUT2D eigenvalue weighted by Crippen LogP contribution is 2.07. The fraction of sp³-hybridized carbons (Fsp3) is 0.286. The van der Waals surface area contributed by atoms with Gasteiger partial charge in [0, 0.05) is 24.7 Å². The number of aromatic nitrogens is 1. The Hall–Kier alpha value is -2.08. The van der Waals surface area contributed by atoms with Crippen LogP contribution in [-0.4, -0.2) is 23.0 Å². The highest BCUT2D eigenvalue weighted by molar-refractivity contribution is 5.77. The molecule has 0 radical (unpaired) electrons. The SMILES string of the molecule is N#CN1CCCC1.c1ccc2ncccc2c1. The van der Waals surface area contributed by atoms with Crippen LogP contribution in [0.25, 0.3) is 10.9 Å². The number of hydrogen-bond donors (Lipinski definition) is 0. The standard InChI is InChI=1S/C9H7N.C5H8N2/c1-2-6-9-8(4-1)5-3-7-10-9;6-5-7-3-1-2-4-7/h1-7H;1-4H2. The Morgan fingerprint density at radius 2 is 1.76 bits per heavy atom. The predicted molar refractivity (Wildman–Crippen MR) is 68.2 cm³/mol. The second kappa shape index (κ2) is 5.86. The molecule has 0 spiro atoms. The molecule has 3 heteroatoms. The van der Waals surface area contributed by atoms with Gasteiger partial charge in [-0.1, -0.05) is 24.3 Å². The molecule has 3 rings (SSSR count). The van der Waals surface area contributed by atoms with Gasteiger partial charge in [0.2, 0.25) is 0 Å². The molecule has 0 unspecified atom stereocenters. The molecule has 0 bridgehead atoms. The van der Waals surface area contributed by atoms with E-state index in [1.54, 1.807) is 4.90 Å². The van der Waals surface area contributed by atoms with Gasteiger partial charge in [-0.3, -0.25) is 4.98 Å². The summed E-state index contributed by atoms with van der Waals surface area (Å²) in [6.07, 6.45) is 6.31. The Balaban J connectivity index is 0.000000136. The summed E-state index contributed by atoms with van der Waals surface area (Å²) in [6.45, 7) is 1.97. The maximum atomic E-state index is 8.24. The number of likely N-dealkylation sites (tertiary alicyclic amines) is 1. The van der Waals surface area contributed by atoms with Crippen molar-refractivity contribution in [2.75, 3.05) is 13.1 Å². The maximum Gasteiger partial charge on any atom is 0.179 e. The van der Waals surface area contributed by atoms with E-state index in [1.165, 1.54) is 18.2 Å².